The highest BCUT2D eigenvalue weighted by Crippen LogP contribution is 2.22. The Morgan fingerprint density at radius 1 is 0.643 bits per heavy atom. The summed E-state index contributed by atoms with van der Waals surface area (Å²) < 4.78 is 63.6. The van der Waals surface area contributed by atoms with Crippen molar-refractivity contribution < 1.29 is 31.2 Å². The van der Waals surface area contributed by atoms with Gasteiger partial charge in [-0.15, -0.1) is 0 Å². The van der Waals surface area contributed by atoms with Crippen LogP contribution in [0.4, 0.5) is 17.6 Å². The van der Waals surface area contributed by atoms with Gasteiger partial charge in [-0.25, -0.2) is 27.2 Å². The molecular weight excluding hydrogens is 384 g/mol. The molecule has 0 aliphatic carbocycles. The van der Waals surface area contributed by atoms with Crippen molar-refractivity contribution in [3.63, 3.8) is 0 Å². The highest BCUT2D eigenvalue weighted by molar-refractivity contribution is 6.10. The predicted molar refractivity (Wildman–Crippen MR) is 88.2 cm³/mol. The average Bonchev–Trinajstić information content (AvgIpc) is 2.61. The Balaban J connectivity index is 1.95. The molecule has 0 atom stereocenters. The molecule has 9 heteroatoms. The fourth-order valence-corrected chi connectivity index (χ4v) is 2.78. The molecular formula is C19H6F4O5. The fourth-order valence-electron chi connectivity index (χ4n) is 2.78. The molecule has 4 aromatic rings. The van der Waals surface area contributed by atoms with Crippen molar-refractivity contribution in [2.24, 2.45) is 0 Å². The van der Waals surface area contributed by atoms with E-state index in [0.29, 0.717) is 12.1 Å². The van der Waals surface area contributed by atoms with Crippen LogP contribution in [0.1, 0.15) is 15.9 Å². The monoisotopic (exact) mass is 390 g/mol. The van der Waals surface area contributed by atoms with Crippen molar-refractivity contribution in [1.82, 2.24) is 0 Å². The van der Waals surface area contributed by atoms with Crippen molar-refractivity contribution in [2.45, 2.75) is 0 Å². The molecule has 0 bridgehead atoms. The number of fused-ring (bicyclic) bond motifs is 2. The van der Waals surface area contributed by atoms with Gasteiger partial charge in [0.05, 0.1) is 0 Å². The van der Waals surface area contributed by atoms with Crippen LogP contribution in [0.5, 0.6) is 0 Å². The largest absolute Gasteiger partial charge is 0.419 e. The number of benzene rings is 2. The summed E-state index contributed by atoms with van der Waals surface area (Å²) >= 11 is 0. The van der Waals surface area contributed by atoms with Crippen molar-refractivity contribution in [2.75, 3.05) is 0 Å². The van der Waals surface area contributed by atoms with Gasteiger partial charge in [0.2, 0.25) is 5.78 Å². The first-order chi connectivity index (χ1) is 13.2. The number of hydrogen-bond acceptors (Lipinski definition) is 5. The molecule has 0 unspecified atom stereocenters. The van der Waals surface area contributed by atoms with Gasteiger partial charge in [0.1, 0.15) is 22.8 Å². The molecule has 0 aliphatic rings. The van der Waals surface area contributed by atoms with Crippen molar-refractivity contribution >= 4 is 27.7 Å². The Hall–Kier alpha value is -3.75. The lowest BCUT2D eigenvalue weighted by Crippen LogP contribution is -2.21. The summed E-state index contributed by atoms with van der Waals surface area (Å²) in [5, 5.41) is -0.467. The van der Waals surface area contributed by atoms with E-state index in [4.69, 9.17) is 8.83 Å². The third-order valence-corrected chi connectivity index (χ3v) is 3.99. The van der Waals surface area contributed by atoms with E-state index in [9.17, 15) is 31.9 Å². The van der Waals surface area contributed by atoms with Crippen LogP contribution in [0, 0.1) is 23.3 Å². The Kier molecular flexibility index (Phi) is 3.88. The number of rotatable bonds is 2. The van der Waals surface area contributed by atoms with Crippen molar-refractivity contribution in [3.05, 3.63) is 91.6 Å². The smallest absolute Gasteiger partial charge is 0.347 e. The quantitative estimate of drug-likeness (QED) is 0.296. The second-order valence-electron chi connectivity index (χ2n) is 5.84. The molecule has 2 aromatic heterocycles. The van der Waals surface area contributed by atoms with Crippen LogP contribution in [-0.4, -0.2) is 5.78 Å². The van der Waals surface area contributed by atoms with E-state index < -0.39 is 62.6 Å². The Morgan fingerprint density at radius 3 is 1.43 bits per heavy atom. The van der Waals surface area contributed by atoms with Gasteiger partial charge in [-0.2, -0.15) is 0 Å². The van der Waals surface area contributed by atoms with Crippen LogP contribution in [0.3, 0.4) is 0 Å². The lowest BCUT2D eigenvalue weighted by molar-refractivity contribution is 0.103. The van der Waals surface area contributed by atoms with Crippen LogP contribution in [0.15, 0.2) is 54.8 Å². The van der Waals surface area contributed by atoms with Gasteiger partial charge in [0, 0.05) is 22.9 Å². The first-order valence-corrected chi connectivity index (χ1v) is 7.65. The molecule has 2 heterocycles. The zero-order valence-corrected chi connectivity index (χ0v) is 13.5. The Morgan fingerprint density at radius 2 is 1.04 bits per heavy atom. The molecule has 0 radical (unpaired) electrons. The second kappa shape index (κ2) is 6.15. The van der Waals surface area contributed by atoms with Crippen LogP contribution < -0.4 is 11.3 Å². The summed E-state index contributed by atoms with van der Waals surface area (Å²) in [5.74, 6) is -5.45. The van der Waals surface area contributed by atoms with Gasteiger partial charge < -0.3 is 8.83 Å². The van der Waals surface area contributed by atoms with Gasteiger partial charge in [-0.3, -0.25) is 4.79 Å². The second-order valence-corrected chi connectivity index (χ2v) is 5.84. The molecule has 4 rings (SSSR count). The van der Waals surface area contributed by atoms with E-state index in [2.05, 4.69) is 0 Å². The molecule has 2 aromatic carbocycles. The minimum Gasteiger partial charge on any atom is -0.419 e. The molecule has 0 amide bonds. The minimum absolute atomic E-state index is 0.234. The van der Waals surface area contributed by atoms with E-state index in [-0.39, 0.29) is 10.8 Å². The molecule has 0 N–H and O–H groups in total. The standard InChI is InChI=1S/C19H6F4O5/c20-9-1-7-3-11(18(25)27-16(7)13(22)5-9)15(24)12-4-8-2-10(21)6-14(23)17(8)28-19(12)26/h1-6H. The number of hydrogen-bond donors (Lipinski definition) is 0. The normalized spacial score (nSPS) is 11.3. The van der Waals surface area contributed by atoms with E-state index in [1.807, 2.05) is 0 Å². The van der Waals surface area contributed by atoms with Crippen LogP contribution >= 0.6 is 0 Å². The number of halogens is 4. The number of ketones is 1. The summed E-state index contributed by atoms with van der Waals surface area (Å²) in [6.07, 6.45) is 0. The topological polar surface area (TPSA) is 77.5 Å². The summed E-state index contributed by atoms with van der Waals surface area (Å²) in [7, 11) is 0. The highest BCUT2D eigenvalue weighted by Gasteiger charge is 2.22. The predicted octanol–water partition coefficient (Wildman–Crippen LogP) is 3.69. The zero-order valence-electron chi connectivity index (χ0n) is 13.5. The fraction of sp³-hybridized carbons (Fsp3) is 0. The van der Waals surface area contributed by atoms with Gasteiger partial charge in [-0.05, 0) is 24.3 Å². The number of carbonyl (C=O) groups excluding carboxylic acids is 1. The van der Waals surface area contributed by atoms with E-state index in [1.165, 1.54) is 0 Å². The molecule has 140 valence electrons. The van der Waals surface area contributed by atoms with Gasteiger partial charge in [0.25, 0.3) is 0 Å². The molecule has 0 saturated heterocycles. The molecule has 0 fully saturated rings. The van der Waals surface area contributed by atoms with E-state index >= 15 is 0 Å². The maximum absolute atomic E-state index is 13.7. The Labute approximate surface area is 151 Å². The summed E-state index contributed by atoms with van der Waals surface area (Å²) in [6, 6.07) is 4.34. The lowest BCUT2D eigenvalue weighted by atomic mass is 10.0. The van der Waals surface area contributed by atoms with Gasteiger partial charge in [-0.1, -0.05) is 0 Å². The first kappa shape index (κ1) is 17.7. The molecule has 28 heavy (non-hydrogen) atoms. The number of carbonyl (C=O) groups is 1. The third kappa shape index (κ3) is 2.77. The van der Waals surface area contributed by atoms with E-state index in [1.54, 1.807) is 0 Å². The van der Waals surface area contributed by atoms with Crippen molar-refractivity contribution in [3.8, 4) is 0 Å². The molecule has 0 saturated carbocycles. The van der Waals surface area contributed by atoms with Gasteiger partial charge in [0.15, 0.2) is 22.8 Å². The zero-order chi connectivity index (χ0) is 20.2. The SMILES string of the molecule is O=C(c1cc2cc(F)cc(F)c2oc1=O)c1cc2cc(F)cc(F)c2oc1=O. The Bertz CT molecular complexity index is 1310. The molecule has 0 aliphatic heterocycles. The van der Waals surface area contributed by atoms with Crippen LogP contribution in [-0.2, 0) is 0 Å². The van der Waals surface area contributed by atoms with Gasteiger partial charge >= 0.3 is 11.3 Å². The maximum atomic E-state index is 13.7. The molecule has 5 nitrogen and oxygen atoms in total. The van der Waals surface area contributed by atoms with Crippen LogP contribution in [0.25, 0.3) is 21.9 Å². The summed E-state index contributed by atoms with van der Waals surface area (Å²) in [6.45, 7) is 0. The minimum atomic E-state index is -1.28. The summed E-state index contributed by atoms with van der Waals surface area (Å²) in [5.41, 5.74) is -5.13. The summed E-state index contributed by atoms with van der Waals surface area (Å²) in [4.78, 5) is 36.8. The van der Waals surface area contributed by atoms with E-state index in [0.717, 1.165) is 24.3 Å². The highest BCUT2D eigenvalue weighted by atomic mass is 19.1. The van der Waals surface area contributed by atoms with Crippen LogP contribution in [0.2, 0.25) is 0 Å². The first-order valence-electron chi connectivity index (χ1n) is 7.65. The maximum Gasteiger partial charge on any atom is 0.347 e. The molecule has 0 spiro atoms. The third-order valence-electron chi connectivity index (χ3n) is 3.99. The van der Waals surface area contributed by atoms with Crippen molar-refractivity contribution in [1.29, 1.82) is 0 Å². The lowest BCUT2D eigenvalue weighted by Gasteiger charge is -2.04. The average molecular weight is 390 g/mol.